The molecule has 0 bridgehead atoms. The fraction of sp³-hybridized carbons (Fsp3) is 0.350. The second-order valence-corrected chi connectivity index (χ2v) is 9.22. The maximum atomic E-state index is 13.1. The molecule has 0 atom stereocenters. The molecule has 0 saturated carbocycles. The molecule has 3 heterocycles. The number of ether oxygens (including phenoxy) is 2. The van der Waals surface area contributed by atoms with E-state index in [1.165, 1.54) is 9.87 Å². The number of piperazine rings is 1. The number of nitrogens with one attached hydrogen (secondary N) is 1. The molecule has 0 radical (unpaired) electrons. The van der Waals surface area contributed by atoms with E-state index in [2.05, 4.69) is 20.9 Å². The number of aromatic amines is 1. The smallest absolute Gasteiger partial charge is 0.243 e. The van der Waals surface area contributed by atoms with E-state index in [0.29, 0.717) is 50.9 Å². The van der Waals surface area contributed by atoms with Crippen LogP contribution in [0.15, 0.2) is 41.3 Å². The number of aryl methyl sites for hydroxylation is 1. The number of fused-ring (bicyclic) bond motifs is 2. The third-order valence-corrected chi connectivity index (χ3v) is 7.21. The normalized spacial score (nSPS) is 17.6. The number of aromatic nitrogens is 2. The lowest BCUT2D eigenvalue weighted by atomic mass is 10.2. The summed E-state index contributed by atoms with van der Waals surface area (Å²) in [6, 6.07) is 10.9. The number of hydrogen-bond acceptors (Lipinski definition) is 6. The van der Waals surface area contributed by atoms with Gasteiger partial charge >= 0.3 is 0 Å². The van der Waals surface area contributed by atoms with Crippen LogP contribution in [-0.4, -0.2) is 62.1 Å². The molecule has 1 saturated heterocycles. The van der Waals surface area contributed by atoms with Gasteiger partial charge in [0.25, 0.3) is 0 Å². The van der Waals surface area contributed by atoms with Crippen LogP contribution in [0, 0.1) is 6.92 Å². The molecule has 1 fully saturated rings. The second kappa shape index (κ2) is 6.93. The molecule has 9 heteroatoms. The number of nitrogens with zero attached hydrogens (tertiary/aromatic N) is 3. The summed E-state index contributed by atoms with van der Waals surface area (Å²) in [7, 11) is -3.59. The monoisotopic (exact) mass is 414 g/mol. The van der Waals surface area contributed by atoms with Crippen molar-refractivity contribution in [1.29, 1.82) is 0 Å². The molecule has 2 aromatic carbocycles. The maximum absolute atomic E-state index is 13.1. The van der Waals surface area contributed by atoms with Crippen LogP contribution >= 0.6 is 0 Å². The maximum Gasteiger partial charge on any atom is 0.243 e. The lowest BCUT2D eigenvalue weighted by molar-refractivity contribution is 0.171. The summed E-state index contributed by atoms with van der Waals surface area (Å²) in [6.07, 6.45) is 0. The Labute approximate surface area is 169 Å². The van der Waals surface area contributed by atoms with Gasteiger partial charge in [0, 0.05) is 32.2 Å². The van der Waals surface area contributed by atoms with Crippen LogP contribution in [0.5, 0.6) is 11.5 Å². The van der Waals surface area contributed by atoms with Gasteiger partial charge in [0.1, 0.15) is 13.2 Å². The number of imidazole rings is 1. The van der Waals surface area contributed by atoms with Crippen molar-refractivity contribution in [3.05, 3.63) is 42.0 Å². The molecule has 8 nitrogen and oxygen atoms in total. The largest absolute Gasteiger partial charge is 0.486 e. The Balaban J connectivity index is 1.32. The first-order chi connectivity index (χ1) is 14.0. The summed E-state index contributed by atoms with van der Waals surface area (Å²) in [5.74, 6) is 1.84. The van der Waals surface area contributed by atoms with Gasteiger partial charge in [-0.15, -0.1) is 0 Å². The average molecular weight is 414 g/mol. The molecule has 0 aliphatic carbocycles. The van der Waals surface area contributed by atoms with Crippen LogP contribution in [0.4, 0.5) is 5.95 Å². The lowest BCUT2D eigenvalue weighted by Gasteiger charge is -2.34. The molecule has 0 spiro atoms. The molecule has 29 heavy (non-hydrogen) atoms. The zero-order chi connectivity index (χ0) is 20.0. The molecular formula is C20H22N4O4S. The first-order valence-corrected chi connectivity index (χ1v) is 11.1. The lowest BCUT2D eigenvalue weighted by Crippen LogP contribution is -2.49. The molecule has 0 amide bonds. The van der Waals surface area contributed by atoms with Crippen LogP contribution in [0.25, 0.3) is 11.0 Å². The minimum absolute atomic E-state index is 0.231. The van der Waals surface area contributed by atoms with E-state index in [0.717, 1.165) is 17.0 Å². The predicted molar refractivity (Wildman–Crippen MR) is 109 cm³/mol. The SMILES string of the molecule is Cc1ccc2nc(N3CCN(S(=O)(=O)c4ccc5c(c4)OCCO5)CC3)[nH]c2c1. The van der Waals surface area contributed by atoms with E-state index in [4.69, 9.17) is 9.47 Å². The van der Waals surface area contributed by atoms with Crippen LogP contribution in [0.1, 0.15) is 5.56 Å². The zero-order valence-corrected chi connectivity index (χ0v) is 16.9. The molecule has 2 aliphatic rings. The Morgan fingerprint density at radius 3 is 2.52 bits per heavy atom. The van der Waals surface area contributed by atoms with E-state index < -0.39 is 10.0 Å². The first kappa shape index (κ1) is 18.3. The average Bonchev–Trinajstić information content (AvgIpc) is 3.16. The molecule has 1 N–H and O–H groups in total. The van der Waals surface area contributed by atoms with Gasteiger partial charge in [0.15, 0.2) is 11.5 Å². The zero-order valence-electron chi connectivity index (χ0n) is 16.1. The van der Waals surface area contributed by atoms with Crippen molar-refractivity contribution in [2.75, 3.05) is 44.3 Å². The second-order valence-electron chi connectivity index (χ2n) is 7.28. The highest BCUT2D eigenvalue weighted by Crippen LogP contribution is 2.33. The van der Waals surface area contributed by atoms with Crippen molar-refractivity contribution in [2.45, 2.75) is 11.8 Å². The molecule has 1 aromatic heterocycles. The Morgan fingerprint density at radius 2 is 1.72 bits per heavy atom. The predicted octanol–water partition coefficient (Wildman–Crippen LogP) is 2.15. The van der Waals surface area contributed by atoms with Crippen LogP contribution < -0.4 is 14.4 Å². The van der Waals surface area contributed by atoms with Crippen molar-refractivity contribution in [2.24, 2.45) is 0 Å². The summed E-state index contributed by atoms with van der Waals surface area (Å²) >= 11 is 0. The van der Waals surface area contributed by atoms with E-state index >= 15 is 0 Å². The fourth-order valence-electron chi connectivity index (χ4n) is 3.73. The molecule has 2 aliphatic heterocycles. The Bertz CT molecular complexity index is 1170. The van der Waals surface area contributed by atoms with Crippen molar-refractivity contribution in [1.82, 2.24) is 14.3 Å². The Hall–Kier alpha value is -2.78. The topological polar surface area (TPSA) is 87.8 Å². The minimum atomic E-state index is -3.59. The van der Waals surface area contributed by atoms with Crippen LogP contribution in [0.2, 0.25) is 0 Å². The third-order valence-electron chi connectivity index (χ3n) is 5.31. The van der Waals surface area contributed by atoms with E-state index in [-0.39, 0.29) is 4.90 Å². The molecular weight excluding hydrogens is 392 g/mol. The Morgan fingerprint density at radius 1 is 0.966 bits per heavy atom. The summed E-state index contributed by atoms with van der Waals surface area (Å²) < 4.78 is 38.7. The number of H-pyrrole nitrogens is 1. The summed E-state index contributed by atoms with van der Waals surface area (Å²) in [6.45, 7) is 4.88. The summed E-state index contributed by atoms with van der Waals surface area (Å²) in [5, 5.41) is 0. The van der Waals surface area contributed by atoms with Crippen molar-refractivity contribution < 1.29 is 17.9 Å². The Kier molecular flexibility index (Phi) is 4.36. The van der Waals surface area contributed by atoms with Gasteiger partial charge in [0.05, 0.1) is 15.9 Å². The van der Waals surface area contributed by atoms with Gasteiger partial charge in [-0.05, 0) is 36.8 Å². The molecule has 3 aromatic rings. The molecule has 152 valence electrons. The van der Waals surface area contributed by atoms with Gasteiger partial charge in [-0.1, -0.05) is 6.07 Å². The van der Waals surface area contributed by atoms with Gasteiger partial charge in [-0.2, -0.15) is 4.31 Å². The number of anilines is 1. The number of sulfonamides is 1. The standard InChI is InChI=1S/C20H22N4O4S/c1-14-2-4-16-17(12-14)22-20(21-16)23-6-8-24(9-7-23)29(25,26)15-3-5-18-19(13-15)28-11-10-27-18/h2-5,12-13H,6-11H2,1H3,(H,21,22). The van der Waals surface area contributed by atoms with Crippen LogP contribution in [-0.2, 0) is 10.0 Å². The van der Waals surface area contributed by atoms with Crippen LogP contribution in [0.3, 0.4) is 0 Å². The van der Waals surface area contributed by atoms with E-state index in [1.807, 2.05) is 19.1 Å². The number of hydrogen-bond donors (Lipinski definition) is 1. The highest BCUT2D eigenvalue weighted by atomic mass is 32.2. The number of rotatable bonds is 3. The first-order valence-electron chi connectivity index (χ1n) is 9.62. The van der Waals surface area contributed by atoms with E-state index in [9.17, 15) is 8.42 Å². The minimum Gasteiger partial charge on any atom is -0.486 e. The van der Waals surface area contributed by atoms with Crippen molar-refractivity contribution in [3.63, 3.8) is 0 Å². The summed E-state index contributed by atoms with van der Waals surface area (Å²) in [5.41, 5.74) is 3.08. The third kappa shape index (κ3) is 3.30. The highest BCUT2D eigenvalue weighted by Gasteiger charge is 2.30. The van der Waals surface area contributed by atoms with Gasteiger partial charge in [-0.25, -0.2) is 13.4 Å². The van der Waals surface area contributed by atoms with Gasteiger partial charge in [0.2, 0.25) is 16.0 Å². The van der Waals surface area contributed by atoms with Gasteiger partial charge in [-0.3, -0.25) is 0 Å². The van der Waals surface area contributed by atoms with Crippen molar-refractivity contribution in [3.8, 4) is 11.5 Å². The summed E-state index contributed by atoms with van der Waals surface area (Å²) in [4.78, 5) is 10.3. The van der Waals surface area contributed by atoms with Gasteiger partial charge < -0.3 is 19.4 Å². The quantitative estimate of drug-likeness (QED) is 0.707. The molecule has 5 rings (SSSR count). The van der Waals surface area contributed by atoms with Crippen molar-refractivity contribution >= 4 is 27.0 Å². The molecule has 0 unspecified atom stereocenters. The highest BCUT2D eigenvalue weighted by molar-refractivity contribution is 7.89. The number of benzene rings is 2. The van der Waals surface area contributed by atoms with E-state index in [1.54, 1.807) is 18.2 Å². The fourth-order valence-corrected chi connectivity index (χ4v) is 5.17.